The molecule has 1 aliphatic rings. The maximum atomic E-state index is 10.8. The molecule has 0 spiro atoms. The van der Waals surface area contributed by atoms with Crippen molar-refractivity contribution in [1.82, 2.24) is 5.48 Å². The van der Waals surface area contributed by atoms with Gasteiger partial charge >= 0.3 is 5.97 Å². The molecule has 0 aromatic heterocycles. The van der Waals surface area contributed by atoms with Crippen LogP contribution < -0.4 is 5.48 Å². The number of hydrogen-bond donors (Lipinski definition) is 1. The molecular weight excluding hydrogens is 154 g/mol. The number of hydroxylamine groups is 1. The Morgan fingerprint density at radius 1 is 1.42 bits per heavy atom. The minimum atomic E-state index is -0.166. The molecular formula is C9H17NO2. The normalized spacial score (nSPS) is 19.1. The number of nitrogens with one attached hydrogen (secondary N) is 1. The average molecular weight is 171 g/mol. The van der Waals surface area contributed by atoms with E-state index in [1.165, 1.54) is 19.3 Å². The minimum Gasteiger partial charge on any atom is -0.370 e. The highest BCUT2D eigenvalue weighted by atomic mass is 16.7. The van der Waals surface area contributed by atoms with E-state index in [-0.39, 0.29) is 5.97 Å². The van der Waals surface area contributed by atoms with E-state index in [0.717, 1.165) is 12.8 Å². The van der Waals surface area contributed by atoms with Crippen LogP contribution in [0.15, 0.2) is 0 Å². The van der Waals surface area contributed by atoms with Gasteiger partial charge in [-0.3, -0.25) is 4.79 Å². The molecule has 0 radical (unpaired) electrons. The van der Waals surface area contributed by atoms with Crippen LogP contribution in [0.2, 0.25) is 0 Å². The molecule has 1 N–H and O–H groups in total. The monoisotopic (exact) mass is 171 g/mol. The smallest absolute Gasteiger partial charge is 0.324 e. The highest BCUT2D eigenvalue weighted by Gasteiger charge is 2.13. The van der Waals surface area contributed by atoms with Gasteiger partial charge in [0.1, 0.15) is 0 Å². The predicted octanol–water partition coefficient (Wildman–Crippen LogP) is 1.78. The van der Waals surface area contributed by atoms with Gasteiger partial charge in [-0.2, -0.15) is 5.48 Å². The first-order valence-corrected chi connectivity index (χ1v) is 4.78. The van der Waals surface area contributed by atoms with E-state index in [0.29, 0.717) is 12.5 Å². The maximum absolute atomic E-state index is 10.8. The Morgan fingerprint density at radius 3 is 2.67 bits per heavy atom. The van der Waals surface area contributed by atoms with Crippen molar-refractivity contribution in [3.8, 4) is 0 Å². The third kappa shape index (κ3) is 3.22. The molecule has 0 aliphatic heterocycles. The second-order valence-electron chi connectivity index (χ2n) is 3.28. The van der Waals surface area contributed by atoms with Crippen molar-refractivity contribution in [3.05, 3.63) is 0 Å². The molecule has 12 heavy (non-hydrogen) atoms. The van der Waals surface area contributed by atoms with E-state index in [1.807, 2.05) is 0 Å². The molecule has 0 amide bonds. The third-order valence-corrected chi connectivity index (χ3v) is 2.23. The van der Waals surface area contributed by atoms with Crippen molar-refractivity contribution < 1.29 is 9.63 Å². The van der Waals surface area contributed by atoms with Crippen LogP contribution in [0.4, 0.5) is 0 Å². The molecule has 0 aromatic carbocycles. The second kappa shape index (κ2) is 5.14. The summed E-state index contributed by atoms with van der Waals surface area (Å²) < 4.78 is 0. The third-order valence-electron chi connectivity index (χ3n) is 2.23. The van der Waals surface area contributed by atoms with Crippen molar-refractivity contribution in [1.29, 1.82) is 0 Å². The highest BCUT2D eigenvalue weighted by molar-refractivity contribution is 5.68. The SMILES string of the molecule is CCC(=O)ONC1CCCCC1. The van der Waals surface area contributed by atoms with Crippen molar-refractivity contribution in [3.63, 3.8) is 0 Å². The zero-order valence-corrected chi connectivity index (χ0v) is 7.64. The summed E-state index contributed by atoms with van der Waals surface area (Å²) in [4.78, 5) is 15.6. The summed E-state index contributed by atoms with van der Waals surface area (Å²) in [5.41, 5.74) is 2.82. The van der Waals surface area contributed by atoms with Gasteiger partial charge in [0.15, 0.2) is 0 Å². The molecule has 3 nitrogen and oxygen atoms in total. The van der Waals surface area contributed by atoms with E-state index in [2.05, 4.69) is 5.48 Å². The summed E-state index contributed by atoms with van der Waals surface area (Å²) in [6.07, 6.45) is 6.54. The molecule has 0 heterocycles. The molecule has 1 aliphatic carbocycles. The summed E-state index contributed by atoms with van der Waals surface area (Å²) in [6.45, 7) is 1.80. The fourth-order valence-electron chi connectivity index (χ4n) is 1.44. The summed E-state index contributed by atoms with van der Waals surface area (Å²) >= 11 is 0. The lowest BCUT2D eigenvalue weighted by molar-refractivity contribution is -0.153. The lowest BCUT2D eigenvalue weighted by atomic mass is 9.96. The maximum Gasteiger partial charge on any atom is 0.324 e. The number of hydrogen-bond acceptors (Lipinski definition) is 3. The van der Waals surface area contributed by atoms with Gasteiger partial charge in [0.05, 0.1) is 0 Å². The fraction of sp³-hybridized carbons (Fsp3) is 0.889. The lowest BCUT2D eigenvalue weighted by Crippen LogP contribution is -2.32. The zero-order chi connectivity index (χ0) is 8.81. The first kappa shape index (κ1) is 9.52. The number of rotatable bonds is 3. The van der Waals surface area contributed by atoms with Gasteiger partial charge < -0.3 is 4.84 Å². The van der Waals surface area contributed by atoms with Crippen LogP contribution in [-0.2, 0) is 9.63 Å². The average Bonchev–Trinajstić information content (AvgIpc) is 2.16. The predicted molar refractivity (Wildman–Crippen MR) is 46.4 cm³/mol. The van der Waals surface area contributed by atoms with Gasteiger partial charge in [0.2, 0.25) is 0 Å². The molecule has 0 bridgehead atoms. The van der Waals surface area contributed by atoms with Crippen LogP contribution in [0, 0.1) is 0 Å². The number of carbonyl (C=O) groups is 1. The van der Waals surface area contributed by atoms with E-state index in [1.54, 1.807) is 6.92 Å². The quantitative estimate of drug-likeness (QED) is 0.658. The van der Waals surface area contributed by atoms with Gasteiger partial charge in [-0.1, -0.05) is 26.2 Å². The van der Waals surface area contributed by atoms with E-state index < -0.39 is 0 Å². The topological polar surface area (TPSA) is 38.3 Å². The molecule has 0 aromatic rings. The Morgan fingerprint density at radius 2 is 2.08 bits per heavy atom. The van der Waals surface area contributed by atoms with Crippen LogP contribution in [0.1, 0.15) is 45.4 Å². The number of carbonyl (C=O) groups excluding carboxylic acids is 1. The highest BCUT2D eigenvalue weighted by Crippen LogP contribution is 2.17. The minimum absolute atomic E-state index is 0.166. The van der Waals surface area contributed by atoms with Crippen LogP contribution in [0.5, 0.6) is 0 Å². The zero-order valence-electron chi connectivity index (χ0n) is 7.64. The van der Waals surface area contributed by atoms with Gasteiger partial charge in [-0.15, -0.1) is 0 Å². The largest absolute Gasteiger partial charge is 0.370 e. The molecule has 0 saturated heterocycles. The molecule has 0 atom stereocenters. The van der Waals surface area contributed by atoms with Gasteiger partial charge in [-0.05, 0) is 12.8 Å². The van der Waals surface area contributed by atoms with E-state index >= 15 is 0 Å². The van der Waals surface area contributed by atoms with Crippen molar-refractivity contribution in [2.45, 2.75) is 51.5 Å². The Labute approximate surface area is 73.4 Å². The van der Waals surface area contributed by atoms with Crippen LogP contribution in [0.3, 0.4) is 0 Å². The standard InChI is InChI=1S/C9H17NO2/c1-2-9(11)12-10-8-6-4-3-5-7-8/h8,10H,2-7H2,1H3. The van der Waals surface area contributed by atoms with Crippen molar-refractivity contribution in [2.24, 2.45) is 0 Å². The van der Waals surface area contributed by atoms with Crippen LogP contribution in [-0.4, -0.2) is 12.0 Å². The molecule has 0 unspecified atom stereocenters. The summed E-state index contributed by atoms with van der Waals surface area (Å²) in [5.74, 6) is -0.166. The molecule has 1 fully saturated rings. The lowest BCUT2D eigenvalue weighted by Gasteiger charge is -2.21. The molecule has 3 heteroatoms. The van der Waals surface area contributed by atoms with Crippen molar-refractivity contribution >= 4 is 5.97 Å². The van der Waals surface area contributed by atoms with E-state index in [4.69, 9.17) is 4.84 Å². The Hall–Kier alpha value is -0.570. The molecule has 1 saturated carbocycles. The second-order valence-corrected chi connectivity index (χ2v) is 3.28. The van der Waals surface area contributed by atoms with Crippen LogP contribution in [0.25, 0.3) is 0 Å². The van der Waals surface area contributed by atoms with Gasteiger partial charge in [-0.25, -0.2) is 0 Å². The fourth-order valence-corrected chi connectivity index (χ4v) is 1.44. The van der Waals surface area contributed by atoms with E-state index in [9.17, 15) is 4.79 Å². The Balaban J connectivity index is 2.09. The summed E-state index contributed by atoms with van der Waals surface area (Å²) in [7, 11) is 0. The van der Waals surface area contributed by atoms with Gasteiger partial charge in [0, 0.05) is 12.5 Å². The summed E-state index contributed by atoms with van der Waals surface area (Å²) in [6, 6.07) is 0.397. The first-order valence-electron chi connectivity index (χ1n) is 4.78. The first-order chi connectivity index (χ1) is 5.83. The molecule has 70 valence electrons. The summed E-state index contributed by atoms with van der Waals surface area (Å²) in [5, 5.41) is 0. The Kier molecular flexibility index (Phi) is 4.08. The van der Waals surface area contributed by atoms with Gasteiger partial charge in [0.25, 0.3) is 0 Å². The van der Waals surface area contributed by atoms with Crippen LogP contribution >= 0.6 is 0 Å². The Bertz CT molecular complexity index is 141. The van der Waals surface area contributed by atoms with Crippen molar-refractivity contribution in [2.75, 3.05) is 0 Å². The molecule has 1 rings (SSSR count).